The molecule has 0 saturated carbocycles. The number of hydrogen-bond acceptors (Lipinski definition) is 3. The molecule has 1 aliphatic rings. The number of nitrogens with zero attached hydrogens (tertiary/aromatic N) is 1. The molecule has 1 fully saturated rings. The second-order valence-electron chi connectivity index (χ2n) is 4.44. The predicted molar refractivity (Wildman–Crippen MR) is 66.0 cm³/mol. The fraction of sp³-hybridized carbons (Fsp3) is 0.385. The Labute approximate surface area is 110 Å². The Morgan fingerprint density at radius 1 is 1.47 bits per heavy atom. The summed E-state index contributed by atoms with van der Waals surface area (Å²) in [6, 6.07) is 3.87. The number of rotatable bonds is 3. The molecule has 1 N–H and O–H groups in total. The van der Waals surface area contributed by atoms with Crippen LogP contribution in [0, 0.1) is 5.82 Å². The standard InChI is InChI=1S/C13H15FN2O3/c1-8-13(18)16(7-12(17)15-8)6-9-3-4-10(19-2)5-11(9)14/h3-5,8H,6-7H2,1-2H3,(H,15,17). The molecule has 1 aromatic rings. The maximum Gasteiger partial charge on any atom is 0.245 e. The number of ether oxygens (including phenoxy) is 1. The number of carbonyl (C=O) groups is 2. The average Bonchev–Trinajstić information content (AvgIpc) is 2.37. The Bertz CT molecular complexity index is 519. The molecule has 0 bridgehead atoms. The minimum atomic E-state index is -0.567. The maximum absolute atomic E-state index is 13.8. The lowest BCUT2D eigenvalue weighted by molar-refractivity contribution is -0.144. The van der Waals surface area contributed by atoms with Crippen molar-refractivity contribution in [3.63, 3.8) is 0 Å². The summed E-state index contributed by atoms with van der Waals surface area (Å²) >= 11 is 0. The number of carbonyl (C=O) groups excluding carboxylic acids is 2. The van der Waals surface area contributed by atoms with Gasteiger partial charge in [0.15, 0.2) is 0 Å². The van der Waals surface area contributed by atoms with Gasteiger partial charge in [0.25, 0.3) is 0 Å². The Balaban J connectivity index is 2.16. The maximum atomic E-state index is 13.8. The van der Waals surface area contributed by atoms with E-state index in [9.17, 15) is 14.0 Å². The molecule has 1 atom stereocenters. The van der Waals surface area contributed by atoms with Gasteiger partial charge in [0.1, 0.15) is 17.6 Å². The lowest BCUT2D eigenvalue weighted by Gasteiger charge is -2.30. The zero-order valence-corrected chi connectivity index (χ0v) is 10.8. The third kappa shape index (κ3) is 2.83. The highest BCUT2D eigenvalue weighted by Crippen LogP contribution is 2.18. The lowest BCUT2D eigenvalue weighted by Crippen LogP contribution is -2.56. The van der Waals surface area contributed by atoms with Gasteiger partial charge in [-0.2, -0.15) is 0 Å². The molecular formula is C13H15FN2O3. The van der Waals surface area contributed by atoms with Crippen LogP contribution < -0.4 is 10.1 Å². The normalized spacial score (nSPS) is 19.3. The first-order chi connectivity index (χ1) is 9.01. The summed E-state index contributed by atoms with van der Waals surface area (Å²) < 4.78 is 18.7. The predicted octanol–water partition coefficient (Wildman–Crippen LogP) is 0.681. The number of piperazine rings is 1. The summed E-state index contributed by atoms with van der Waals surface area (Å²) in [4.78, 5) is 24.6. The van der Waals surface area contributed by atoms with Crippen molar-refractivity contribution < 1.29 is 18.7 Å². The molecule has 102 valence electrons. The van der Waals surface area contributed by atoms with E-state index in [0.717, 1.165) is 0 Å². The van der Waals surface area contributed by atoms with Gasteiger partial charge < -0.3 is 15.0 Å². The lowest BCUT2D eigenvalue weighted by atomic mass is 10.1. The van der Waals surface area contributed by atoms with E-state index >= 15 is 0 Å². The number of halogens is 1. The molecule has 19 heavy (non-hydrogen) atoms. The molecule has 2 rings (SSSR count). The molecule has 1 unspecified atom stereocenters. The topological polar surface area (TPSA) is 58.6 Å². The number of benzene rings is 1. The van der Waals surface area contributed by atoms with Crippen LogP contribution in [0.25, 0.3) is 0 Å². The summed E-state index contributed by atoms with van der Waals surface area (Å²) in [6.45, 7) is 1.64. The number of hydrogen-bond donors (Lipinski definition) is 1. The average molecular weight is 266 g/mol. The van der Waals surface area contributed by atoms with Crippen LogP contribution in [-0.4, -0.2) is 36.4 Å². The molecule has 0 spiro atoms. The van der Waals surface area contributed by atoms with Crippen molar-refractivity contribution in [2.75, 3.05) is 13.7 Å². The molecule has 5 nitrogen and oxygen atoms in total. The Morgan fingerprint density at radius 2 is 2.21 bits per heavy atom. The minimum absolute atomic E-state index is 0.0470. The summed E-state index contributed by atoms with van der Waals surface area (Å²) in [5, 5.41) is 2.53. The molecule has 6 heteroatoms. The van der Waals surface area contributed by atoms with Crippen LogP contribution in [0.2, 0.25) is 0 Å². The molecule has 1 saturated heterocycles. The third-order valence-electron chi connectivity index (χ3n) is 3.02. The summed E-state index contributed by atoms with van der Waals surface area (Å²) in [5.74, 6) is -0.487. The highest BCUT2D eigenvalue weighted by Gasteiger charge is 2.29. The zero-order chi connectivity index (χ0) is 14.0. The zero-order valence-electron chi connectivity index (χ0n) is 10.8. The first-order valence-electron chi connectivity index (χ1n) is 5.92. The van der Waals surface area contributed by atoms with Crippen molar-refractivity contribution in [3.8, 4) is 5.75 Å². The van der Waals surface area contributed by atoms with E-state index < -0.39 is 11.9 Å². The van der Waals surface area contributed by atoms with Gasteiger partial charge in [-0.1, -0.05) is 6.07 Å². The summed E-state index contributed by atoms with van der Waals surface area (Å²) in [7, 11) is 1.45. The quantitative estimate of drug-likeness (QED) is 0.875. The van der Waals surface area contributed by atoms with Crippen molar-refractivity contribution in [1.29, 1.82) is 0 Å². The smallest absolute Gasteiger partial charge is 0.245 e. The van der Waals surface area contributed by atoms with Crippen LogP contribution in [0.5, 0.6) is 5.75 Å². The van der Waals surface area contributed by atoms with Gasteiger partial charge in [-0.25, -0.2) is 4.39 Å². The van der Waals surface area contributed by atoms with E-state index in [1.54, 1.807) is 19.1 Å². The van der Waals surface area contributed by atoms with Crippen molar-refractivity contribution >= 4 is 11.8 Å². The summed E-state index contributed by atoms with van der Waals surface area (Å²) in [6.07, 6.45) is 0. The largest absolute Gasteiger partial charge is 0.497 e. The van der Waals surface area contributed by atoms with E-state index in [2.05, 4.69) is 5.32 Å². The Kier molecular flexibility index (Phi) is 3.69. The van der Waals surface area contributed by atoms with Gasteiger partial charge in [0.2, 0.25) is 11.8 Å². The van der Waals surface area contributed by atoms with Gasteiger partial charge in [0, 0.05) is 18.2 Å². The molecule has 1 heterocycles. The third-order valence-corrected chi connectivity index (χ3v) is 3.02. The molecular weight excluding hydrogens is 251 g/mol. The Morgan fingerprint density at radius 3 is 2.84 bits per heavy atom. The van der Waals surface area contributed by atoms with Crippen molar-refractivity contribution in [2.24, 2.45) is 0 Å². The van der Waals surface area contributed by atoms with Crippen LogP contribution in [0.15, 0.2) is 18.2 Å². The van der Waals surface area contributed by atoms with Crippen LogP contribution in [0.3, 0.4) is 0 Å². The summed E-state index contributed by atoms with van der Waals surface area (Å²) in [5.41, 5.74) is 0.357. The van der Waals surface area contributed by atoms with Crippen LogP contribution in [0.1, 0.15) is 12.5 Å². The molecule has 0 aliphatic carbocycles. The van der Waals surface area contributed by atoms with E-state index in [4.69, 9.17) is 4.74 Å². The van der Waals surface area contributed by atoms with Gasteiger partial charge in [-0.15, -0.1) is 0 Å². The minimum Gasteiger partial charge on any atom is -0.497 e. The second kappa shape index (κ2) is 5.26. The molecule has 1 aromatic carbocycles. The highest BCUT2D eigenvalue weighted by molar-refractivity contribution is 5.94. The van der Waals surface area contributed by atoms with Gasteiger partial charge >= 0.3 is 0 Å². The van der Waals surface area contributed by atoms with Gasteiger partial charge in [-0.3, -0.25) is 9.59 Å². The van der Waals surface area contributed by atoms with Crippen molar-refractivity contribution in [1.82, 2.24) is 10.2 Å². The number of methoxy groups -OCH3 is 1. The van der Waals surface area contributed by atoms with Gasteiger partial charge in [-0.05, 0) is 13.0 Å². The first kappa shape index (κ1) is 13.3. The molecule has 2 amide bonds. The second-order valence-corrected chi connectivity index (χ2v) is 4.44. The van der Waals surface area contributed by atoms with Gasteiger partial charge in [0.05, 0.1) is 13.7 Å². The van der Waals surface area contributed by atoms with Crippen LogP contribution >= 0.6 is 0 Å². The molecule has 0 aromatic heterocycles. The molecule has 1 aliphatic heterocycles. The SMILES string of the molecule is COc1ccc(CN2CC(=O)NC(C)C2=O)c(F)c1. The van der Waals surface area contributed by atoms with E-state index in [-0.39, 0.29) is 24.9 Å². The van der Waals surface area contributed by atoms with Crippen molar-refractivity contribution in [2.45, 2.75) is 19.5 Å². The van der Waals surface area contributed by atoms with Crippen molar-refractivity contribution in [3.05, 3.63) is 29.6 Å². The highest BCUT2D eigenvalue weighted by atomic mass is 19.1. The fourth-order valence-corrected chi connectivity index (χ4v) is 2.00. The monoisotopic (exact) mass is 266 g/mol. The van der Waals surface area contributed by atoms with E-state index in [1.165, 1.54) is 18.1 Å². The Hall–Kier alpha value is -2.11. The number of amides is 2. The molecule has 0 radical (unpaired) electrons. The van der Waals surface area contributed by atoms with Crippen LogP contribution in [-0.2, 0) is 16.1 Å². The van der Waals surface area contributed by atoms with E-state index in [0.29, 0.717) is 11.3 Å². The first-order valence-corrected chi connectivity index (χ1v) is 5.92. The fourth-order valence-electron chi connectivity index (χ4n) is 2.00. The van der Waals surface area contributed by atoms with Crippen LogP contribution in [0.4, 0.5) is 4.39 Å². The van der Waals surface area contributed by atoms with E-state index in [1.807, 2.05) is 0 Å². The number of nitrogens with one attached hydrogen (secondary N) is 1.